The van der Waals surface area contributed by atoms with Crippen molar-refractivity contribution in [3.05, 3.63) is 23.1 Å². The lowest BCUT2D eigenvalue weighted by Gasteiger charge is -2.16. The Morgan fingerprint density at radius 3 is 2.38 bits per heavy atom. The molecule has 0 fully saturated rings. The van der Waals surface area contributed by atoms with Crippen LogP contribution in [0.2, 0.25) is 5.22 Å². The lowest BCUT2D eigenvalue weighted by molar-refractivity contribution is -0.160. The fourth-order valence-corrected chi connectivity index (χ4v) is 1.10. The summed E-state index contributed by atoms with van der Waals surface area (Å²) < 4.78 is 41.4. The predicted molar refractivity (Wildman–Crippen MR) is 41.6 cm³/mol. The van der Waals surface area contributed by atoms with E-state index in [0.29, 0.717) is 0 Å². The van der Waals surface area contributed by atoms with E-state index >= 15 is 0 Å². The van der Waals surface area contributed by atoms with Crippen LogP contribution in [0.4, 0.5) is 13.2 Å². The van der Waals surface area contributed by atoms with Gasteiger partial charge < -0.3 is 9.73 Å². The molecule has 1 N–H and O–H groups in total. The van der Waals surface area contributed by atoms with E-state index in [1.165, 1.54) is 19.2 Å². The van der Waals surface area contributed by atoms with Gasteiger partial charge in [0.05, 0.1) is 0 Å². The Balaban J connectivity index is 2.91. The largest absolute Gasteiger partial charge is 0.448 e. The van der Waals surface area contributed by atoms with Crippen LogP contribution in [0, 0.1) is 0 Å². The van der Waals surface area contributed by atoms with E-state index in [0.717, 1.165) is 0 Å². The minimum absolute atomic E-state index is 0.0560. The number of furan rings is 1. The normalized spacial score (nSPS) is 14.5. The summed E-state index contributed by atoms with van der Waals surface area (Å²) in [7, 11) is 1.20. The van der Waals surface area contributed by atoms with Crippen LogP contribution < -0.4 is 5.32 Å². The maximum atomic E-state index is 12.2. The molecular formula is C7H7ClF3NO. The minimum atomic E-state index is -4.38. The third kappa shape index (κ3) is 2.38. The molecule has 1 unspecified atom stereocenters. The second-order valence-corrected chi connectivity index (χ2v) is 2.78. The van der Waals surface area contributed by atoms with Crippen molar-refractivity contribution in [2.75, 3.05) is 7.05 Å². The molecule has 0 aliphatic carbocycles. The fraction of sp³-hybridized carbons (Fsp3) is 0.429. The molecule has 0 aromatic carbocycles. The number of halogens is 4. The summed E-state index contributed by atoms with van der Waals surface area (Å²) in [6.45, 7) is 0. The zero-order chi connectivity index (χ0) is 10.1. The zero-order valence-corrected chi connectivity index (χ0v) is 7.41. The Labute approximate surface area is 77.7 Å². The average molecular weight is 214 g/mol. The molecule has 1 heterocycles. The highest BCUT2D eigenvalue weighted by Crippen LogP contribution is 2.33. The minimum Gasteiger partial charge on any atom is -0.448 e. The summed E-state index contributed by atoms with van der Waals surface area (Å²) in [5.74, 6) is -0.236. The Morgan fingerprint density at radius 1 is 1.46 bits per heavy atom. The number of rotatable bonds is 2. The van der Waals surface area contributed by atoms with Gasteiger partial charge in [0.2, 0.25) is 0 Å². The molecule has 13 heavy (non-hydrogen) atoms. The van der Waals surface area contributed by atoms with Crippen molar-refractivity contribution in [2.24, 2.45) is 0 Å². The highest BCUT2D eigenvalue weighted by Gasteiger charge is 2.41. The molecule has 1 rings (SSSR count). The smallest absolute Gasteiger partial charge is 0.410 e. The van der Waals surface area contributed by atoms with Crippen LogP contribution in [-0.4, -0.2) is 13.2 Å². The molecule has 0 radical (unpaired) electrons. The van der Waals surface area contributed by atoms with E-state index in [1.54, 1.807) is 0 Å². The summed E-state index contributed by atoms with van der Waals surface area (Å²) in [4.78, 5) is 0. The second kappa shape index (κ2) is 3.59. The summed E-state index contributed by atoms with van der Waals surface area (Å²) in [6.07, 6.45) is -4.38. The Morgan fingerprint density at radius 2 is 2.08 bits per heavy atom. The molecule has 0 aliphatic rings. The first-order chi connectivity index (χ1) is 5.95. The molecule has 1 atom stereocenters. The third-order valence-electron chi connectivity index (χ3n) is 1.49. The predicted octanol–water partition coefficient (Wildman–Crippen LogP) is 2.76. The standard InChI is InChI=1S/C7H7ClF3NO/c1-12-6(7(9,10)11)4-2-3-5(8)13-4/h2-3,6,12H,1H3. The van der Waals surface area contributed by atoms with Crippen molar-refractivity contribution in [1.29, 1.82) is 0 Å². The van der Waals surface area contributed by atoms with Gasteiger partial charge in [-0.1, -0.05) is 0 Å². The quantitative estimate of drug-likeness (QED) is 0.817. The van der Waals surface area contributed by atoms with Crippen LogP contribution in [0.5, 0.6) is 0 Å². The van der Waals surface area contributed by atoms with Crippen LogP contribution in [0.15, 0.2) is 16.5 Å². The maximum Gasteiger partial charge on any atom is 0.410 e. The van der Waals surface area contributed by atoms with Crippen molar-refractivity contribution in [1.82, 2.24) is 5.32 Å². The topological polar surface area (TPSA) is 25.2 Å². The molecule has 74 valence electrons. The van der Waals surface area contributed by atoms with Crippen LogP contribution in [-0.2, 0) is 0 Å². The molecule has 0 amide bonds. The van der Waals surface area contributed by atoms with Gasteiger partial charge in [-0.25, -0.2) is 0 Å². The van der Waals surface area contributed by atoms with Gasteiger partial charge in [-0.2, -0.15) is 13.2 Å². The number of hydrogen-bond acceptors (Lipinski definition) is 2. The van der Waals surface area contributed by atoms with Gasteiger partial charge in [-0.15, -0.1) is 0 Å². The maximum absolute atomic E-state index is 12.2. The van der Waals surface area contributed by atoms with Crippen molar-refractivity contribution >= 4 is 11.6 Å². The van der Waals surface area contributed by atoms with Gasteiger partial charge in [0.1, 0.15) is 5.76 Å². The highest BCUT2D eigenvalue weighted by molar-refractivity contribution is 6.28. The van der Waals surface area contributed by atoms with Gasteiger partial charge in [0.15, 0.2) is 11.3 Å². The molecule has 6 heteroatoms. The molecule has 0 saturated carbocycles. The summed E-state index contributed by atoms with van der Waals surface area (Å²) in [5, 5.41) is 2.04. The molecule has 0 aliphatic heterocycles. The van der Waals surface area contributed by atoms with E-state index in [4.69, 9.17) is 11.6 Å². The second-order valence-electron chi connectivity index (χ2n) is 2.41. The monoisotopic (exact) mass is 213 g/mol. The number of nitrogens with one attached hydrogen (secondary N) is 1. The van der Waals surface area contributed by atoms with Crippen molar-refractivity contribution in [2.45, 2.75) is 12.2 Å². The molecular weight excluding hydrogens is 207 g/mol. The molecule has 2 nitrogen and oxygen atoms in total. The fourth-order valence-electron chi connectivity index (χ4n) is 0.951. The molecule has 0 spiro atoms. The van der Waals surface area contributed by atoms with Gasteiger partial charge >= 0.3 is 6.18 Å². The van der Waals surface area contributed by atoms with E-state index < -0.39 is 12.2 Å². The van der Waals surface area contributed by atoms with E-state index in [1.807, 2.05) is 0 Å². The van der Waals surface area contributed by atoms with Gasteiger partial charge in [-0.3, -0.25) is 0 Å². The Kier molecular flexibility index (Phi) is 2.87. The van der Waals surface area contributed by atoms with Crippen LogP contribution in [0.1, 0.15) is 11.8 Å². The van der Waals surface area contributed by atoms with E-state index in [2.05, 4.69) is 9.73 Å². The van der Waals surface area contributed by atoms with Crippen molar-refractivity contribution in [3.63, 3.8) is 0 Å². The van der Waals surface area contributed by atoms with E-state index in [-0.39, 0.29) is 11.0 Å². The first-order valence-electron chi connectivity index (χ1n) is 3.44. The summed E-state index contributed by atoms with van der Waals surface area (Å²) in [5.41, 5.74) is 0. The number of hydrogen-bond donors (Lipinski definition) is 1. The average Bonchev–Trinajstić information content (AvgIpc) is 2.34. The van der Waals surface area contributed by atoms with Gasteiger partial charge in [-0.05, 0) is 30.8 Å². The Hall–Kier alpha value is -0.680. The summed E-state index contributed by atoms with van der Waals surface area (Å²) >= 11 is 5.35. The van der Waals surface area contributed by atoms with Crippen LogP contribution in [0.3, 0.4) is 0 Å². The van der Waals surface area contributed by atoms with Crippen LogP contribution in [0.25, 0.3) is 0 Å². The van der Waals surface area contributed by atoms with Gasteiger partial charge in [0, 0.05) is 0 Å². The lowest BCUT2D eigenvalue weighted by atomic mass is 10.2. The first-order valence-corrected chi connectivity index (χ1v) is 3.82. The molecule has 0 bridgehead atoms. The summed E-state index contributed by atoms with van der Waals surface area (Å²) in [6, 6.07) is 0.657. The number of alkyl halides is 3. The van der Waals surface area contributed by atoms with Crippen LogP contribution >= 0.6 is 11.6 Å². The molecule has 1 aromatic heterocycles. The zero-order valence-electron chi connectivity index (χ0n) is 6.65. The highest BCUT2D eigenvalue weighted by atomic mass is 35.5. The third-order valence-corrected chi connectivity index (χ3v) is 1.70. The van der Waals surface area contributed by atoms with Gasteiger partial charge in [0.25, 0.3) is 0 Å². The molecule has 1 aromatic rings. The first kappa shape index (κ1) is 10.4. The van der Waals surface area contributed by atoms with E-state index in [9.17, 15) is 13.2 Å². The van der Waals surface area contributed by atoms with Crippen molar-refractivity contribution in [3.8, 4) is 0 Å². The Bertz CT molecular complexity index is 284. The lowest BCUT2D eigenvalue weighted by Crippen LogP contribution is -2.31. The SMILES string of the molecule is CNC(c1ccc(Cl)o1)C(F)(F)F. The molecule has 0 saturated heterocycles. The van der Waals surface area contributed by atoms with Crippen molar-refractivity contribution < 1.29 is 17.6 Å².